The molecule has 0 heterocycles. The lowest BCUT2D eigenvalue weighted by atomic mass is 10.1. The molecule has 9 N–H and O–H groups in total. The highest BCUT2D eigenvalue weighted by Crippen LogP contribution is 2.06. The summed E-state index contributed by atoms with van der Waals surface area (Å²) < 4.78 is 0. The van der Waals surface area contributed by atoms with E-state index in [2.05, 4.69) is 10.6 Å². The van der Waals surface area contributed by atoms with E-state index in [1.807, 2.05) is 0 Å². The van der Waals surface area contributed by atoms with Crippen molar-refractivity contribution in [1.29, 1.82) is 0 Å². The zero-order chi connectivity index (χ0) is 21.1. The first-order valence-corrected chi connectivity index (χ1v) is 8.25. The quantitative estimate of drug-likeness (QED) is 0.180. The van der Waals surface area contributed by atoms with Gasteiger partial charge in [0.15, 0.2) is 0 Å². The minimum atomic E-state index is -1.35. The summed E-state index contributed by atoms with van der Waals surface area (Å²) in [4.78, 5) is 56.3. The molecule has 0 aromatic carbocycles. The van der Waals surface area contributed by atoms with Crippen LogP contribution in [0.4, 0.5) is 0 Å². The fourth-order valence-corrected chi connectivity index (χ4v) is 2.03. The van der Waals surface area contributed by atoms with Gasteiger partial charge in [-0.2, -0.15) is 0 Å². The number of amides is 2. The standard InChI is InChI=1S/C15H26N4O8/c1-7(16)12(21)19-10(15(26)27)5-6-11(20)18-9(14(24)25)4-2-3-8(17)13(22)23/h7-10H,2-6,16-17H2,1H3,(H,18,20)(H,19,21)(H,22,23)(H,24,25)(H,26,27)/t7-,8-,9+,10+/m0/s1. The fraction of sp³-hybridized carbons (Fsp3) is 0.667. The number of carbonyl (C=O) groups excluding carboxylic acids is 2. The highest BCUT2D eigenvalue weighted by Gasteiger charge is 2.25. The van der Waals surface area contributed by atoms with E-state index in [0.29, 0.717) is 0 Å². The number of carboxylic acids is 3. The third-order valence-corrected chi connectivity index (χ3v) is 3.65. The highest BCUT2D eigenvalue weighted by molar-refractivity contribution is 5.87. The molecular formula is C15H26N4O8. The molecule has 0 spiro atoms. The van der Waals surface area contributed by atoms with Crippen molar-refractivity contribution in [1.82, 2.24) is 10.6 Å². The van der Waals surface area contributed by atoms with Crippen molar-refractivity contribution in [3.63, 3.8) is 0 Å². The normalized spacial score (nSPS) is 15.1. The van der Waals surface area contributed by atoms with E-state index < -0.39 is 53.9 Å². The summed E-state index contributed by atoms with van der Waals surface area (Å²) >= 11 is 0. The van der Waals surface area contributed by atoms with Crippen molar-refractivity contribution in [2.75, 3.05) is 0 Å². The number of rotatable bonds is 13. The summed E-state index contributed by atoms with van der Waals surface area (Å²) in [7, 11) is 0. The molecule has 0 bridgehead atoms. The molecule has 0 saturated heterocycles. The minimum Gasteiger partial charge on any atom is -0.480 e. The molecule has 0 aromatic heterocycles. The van der Waals surface area contributed by atoms with Gasteiger partial charge in [0.05, 0.1) is 6.04 Å². The van der Waals surface area contributed by atoms with E-state index in [0.717, 1.165) is 0 Å². The van der Waals surface area contributed by atoms with E-state index in [1.165, 1.54) is 6.92 Å². The lowest BCUT2D eigenvalue weighted by Crippen LogP contribution is -2.48. The van der Waals surface area contributed by atoms with E-state index in [-0.39, 0.29) is 32.1 Å². The molecule has 12 heteroatoms. The molecule has 0 saturated carbocycles. The predicted octanol–water partition coefficient (Wildman–Crippen LogP) is -2.17. The van der Waals surface area contributed by atoms with Crippen molar-refractivity contribution >= 4 is 29.7 Å². The SMILES string of the molecule is C[C@H](N)C(=O)N[C@H](CCC(=O)N[C@H](CCC[C@H](N)C(=O)O)C(=O)O)C(=O)O. The van der Waals surface area contributed by atoms with Gasteiger partial charge in [-0.1, -0.05) is 0 Å². The Balaban J connectivity index is 4.54. The average molecular weight is 390 g/mol. The summed E-state index contributed by atoms with van der Waals surface area (Å²) in [6.07, 6.45) is -0.428. The van der Waals surface area contributed by atoms with Gasteiger partial charge in [-0.15, -0.1) is 0 Å². The van der Waals surface area contributed by atoms with E-state index >= 15 is 0 Å². The number of nitrogens with one attached hydrogen (secondary N) is 2. The molecule has 0 aliphatic carbocycles. The molecule has 154 valence electrons. The van der Waals surface area contributed by atoms with E-state index in [4.69, 9.17) is 26.8 Å². The van der Waals surface area contributed by atoms with Crippen molar-refractivity contribution in [3.05, 3.63) is 0 Å². The molecule has 2 amide bonds. The van der Waals surface area contributed by atoms with Crippen LogP contribution in [0.5, 0.6) is 0 Å². The second kappa shape index (κ2) is 11.8. The summed E-state index contributed by atoms with van der Waals surface area (Å²) in [6.45, 7) is 1.37. The van der Waals surface area contributed by atoms with Crippen molar-refractivity contribution in [3.8, 4) is 0 Å². The lowest BCUT2D eigenvalue weighted by Gasteiger charge is -2.18. The zero-order valence-corrected chi connectivity index (χ0v) is 14.9. The Hall–Kier alpha value is -2.73. The van der Waals surface area contributed by atoms with Gasteiger partial charge in [-0.25, -0.2) is 9.59 Å². The first-order valence-electron chi connectivity index (χ1n) is 8.25. The summed E-state index contributed by atoms with van der Waals surface area (Å²) in [5, 5.41) is 31.3. The number of aliphatic carboxylic acids is 3. The van der Waals surface area contributed by atoms with Crippen LogP contribution in [0.2, 0.25) is 0 Å². The Morgan fingerprint density at radius 2 is 1.33 bits per heavy atom. The third-order valence-electron chi connectivity index (χ3n) is 3.65. The topological polar surface area (TPSA) is 222 Å². The third kappa shape index (κ3) is 10.1. The molecule has 12 nitrogen and oxygen atoms in total. The van der Waals surface area contributed by atoms with Gasteiger partial charge in [0.2, 0.25) is 11.8 Å². The maximum atomic E-state index is 11.9. The maximum absolute atomic E-state index is 11.9. The molecule has 0 radical (unpaired) electrons. The van der Waals surface area contributed by atoms with Gasteiger partial charge in [0.25, 0.3) is 0 Å². The number of hydrogen-bond donors (Lipinski definition) is 7. The summed E-state index contributed by atoms with van der Waals surface area (Å²) in [6, 6.07) is -4.65. The van der Waals surface area contributed by atoms with Crippen LogP contribution in [0.15, 0.2) is 0 Å². The van der Waals surface area contributed by atoms with Crippen LogP contribution in [-0.4, -0.2) is 69.2 Å². The Kier molecular flexibility index (Phi) is 10.6. The number of carboxylic acid groups (broad SMARTS) is 3. The van der Waals surface area contributed by atoms with Gasteiger partial charge in [0.1, 0.15) is 18.1 Å². The number of hydrogen-bond acceptors (Lipinski definition) is 7. The van der Waals surface area contributed by atoms with Gasteiger partial charge in [0, 0.05) is 6.42 Å². The minimum absolute atomic E-state index is 0.0359. The number of nitrogens with two attached hydrogens (primary N) is 2. The van der Waals surface area contributed by atoms with Crippen LogP contribution >= 0.6 is 0 Å². The molecular weight excluding hydrogens is 364 g/mol. The zero-order valence-electron chi connectivity index (χ0n) is 14.9. The Bertz CT molecular complexity index is 566. The monoisotopic (exact) mass is 390 g/mol. The first-order chi connectivity index (χ1) is 12.5. The van der Waals surface area contributed by atoms with E-state index in [1.54, 1.807) is 0 Å². The van der Waals surface area contributed by atoms with Crippen molar-refractivity contribution < 1.29 is 39.3 Å². The maximum Gasteiger partial charge on any atom is 0.326 e. The summed E-state index contributed by atoms with van der Waals surface area (Å²) in [5.74, 6) is -5.28. The first kappa shape index (κ1) is 24.3. The molecule has 0 unspecified atom stereocenters. The van der Waals surface area contributed by atoms with Crippen LogP contribution < -0.4 is 22.1 Å². The van der Waals surface area contributed by atoms with Crippen LogP contribution in [0.1, 0.15) is 39.0 Å². The molecule has 0 aliphatic heterocycles. The molecule has 0 rings (SSSR count). The van der Waals surface area contributed by atoms with Crippen molar-refractivity contribution in [2.45, 2.75) is 63.2 Å². The van der Waals surface area contributed by atoms with Crippen LogP contribution in [0.3, 0.4) is 0 Å². The molecule has 4 atom stereocenters. The average Bonchev–Trinajstić information content (AvgIpc) is 2.56. The smallest absolute Gasteiger partial charge is 0.326 e. The van der Waals surface area contributed by atoms with E-state index in [9.17, 15) is 24.0 Å². The molecule has 0 aromatic rings. The van der Waals surface area contributed by atoms with Gasteiger partial charge >= 0.3 is 17.9 Å². The largest absolute Gasteiger partial charge is 0.480 e. The highest BCUT2D eigenvalue weighted by atomic mass is 16.4. The fourth-order valence-electron chi connectivity index (χ4n) is 2.03. The van der Waals surface area contributed by atoms with Crippen LogP contribution in [-0.2, 0) is 24.0 Å². The van der Waals surface area contributed by atoms with Crippen molar-refractivity contribution in [2.24, 2.45) is 11.5 Å². The second-order valence-electron chi connectivity index (χ2n) is 6.06. The molecule has 0 aliphatic rings. The molecule has 27 heavy (non-hydrogen) atoms. The lowest BCUT2D eigenvalue weighted by molar-refractivity contribution is -0.143. The Labute approximate surface area is 155 Å². The van der Waals surface area contributed by atoms with Crippen LogP contribution in [0, 0.1) is 0 Å². The second-order valence-corrected chi connectivity index (χ2v) is 6.06. The molecule has 0 fully saturated rings. The van der Waals surface area contributed by atoms with Crippen LogP contribution in [0.25, 0.3) is 0 Å². The van der Waals surface area contributed by atoms with Gasteiger partial charge in [-0.3, -0.25) is 14.4 Å². The predicted molar refractivity (Wildman–Crippen MR) is 91.5 cm³/mol. The Morgan fingerprint density at radius 3 is 1.78 bits per heavy atom. The van der Waals surface area contributed by atoms with Gasteiger partial charge < -0.3 is 37.4 Å². The number of carbonyl (C=O) groups is 5. The van der Waals surface area contributed by atoms with Gasteiger partial charge in [-0.05, 0) is 32.6 Å². The Morgan fingerprint density at radius 1 is 0.815 bits per heavy atom. The summed E-state index contributed by atoms with van der Waals surface area (Å²) in [5.41, 5.74) is 10.6.